The van der Waals surface area contributed by atoms with E-state index in [2.05, 4.69) is 44.3 Å². The molecule has 0 saturated heterocycles. The Morgan fingerprint density at radius 1 is 0.952 bits per heavy atom. The number of hydrogen-bond donors (Lipinski definition) is 2. The van der Waals surface area contributed by atoms with E-state index in [0.29, 0.717) is 11.8 Å². The lowest BCUT2D eigenvalue weighted by Gasteiger charge is -2.14. The summed E-state index contributed by atoms with van der Waals surface area (Å²) in [6.07, 6.45) is 2.12. The average Bonchev–Trinajstić information content (AvgIpc) is 2.43. The summed E-state index contributed by atoms with van der Waals surface area (Å²) in [7, 11) is 0. The summed E-state index contributed by atoms with van der Waals surface area (Å²) in [6.45, 7) is 7.43. The summed E-state index contributed by atoms with van der Waals surface area (Å²) in [5.41, 5.74) is 5.27. The van der Waals surface area contributed by atoms with Crippen LogP contribution in [0.25, 0.3) is 0 Å². The predicted molar refractivity (Wildman–Crippen MR) is 88.6 cm³/mol. The number of hydrogen-bond acceptors (Lipinski definition) is 2. The quantitative estimate of drug-likeness (QED) is 0.836. The van der Waals surface area contributed by atoms with Gasteiger partial charge in [-0.1, -0.05) is 41.5 Å². The summed E-state index contributed by atoms with van der Waals surface area (Å²) in [5.74, 6) is 0.333. The summed E-state index contributed by atoms with van der Waals surface area (Å²) in [6, 6.07) is 14.7. The normalized spacial score (nSPS) is 12.3. The van der Waals surface area contributed by atoms with E-state index in [1.54, 1.807) is 12.1 Å². The van der Waals surface area contributed by atoms with Crippen LogP contribution in [0.5, 0.6) is 5.75 Å². The summed E-state index contributed by atoms with van der Waals surface area (Å²) >= 11 is 0. The van der Waals surface area contributed by atoms with Gasteiger partial charge in [0.2, 0.25) is 0 Å². The molecular formula is C19H25NO. The third-order valence-corrected chi connectivity index (χ3v) is 3.74. The fourth-order valence-corrected chi connectivity index (χ4v) is 2.61. The number of benzene rings is 2. The molecule has 0 aliphatic carbocycles. The van der Waals surface area contributed by atoms with E-state index < -0.39 is 0 Å². The fraction of sp³-hybridized carbons (Fsp3) is 0.368. The number of phenols is 1. The average molecular weight is 283 g/mol. The lowest BCUT2D eigenvalue weighted by atomic mass is 10.0. The first-order valence-electron chi connectivity index (χ1n) is 7.61. The largest absolute Gasteiger partial charge is 0.508 e. The molecule has 2 aromatic carbocycles. The highest BCUT2D eigenvalue weighted by Crippen LogP contribution is 2.13. The number of phenolic OH excluding ortho intramolecular Hbond substituents is 1. The minimum absolute atomic E-state index is 0.333. The van der Waals surface area contributed by atoms with E-state index in [1.807, 2.05) is 12.1 Å². The SMILES string of the molecule is Cc1cc(C)cc(CNC(C)CCc2ccc(O)cc2)c1. The summed E-state index contributed by atoms with van der Waals surface area (Å²) in [5, 5.41) is 12.9. The Hall–Kier alpha value is -1.80. The van der Waals surface area contributed by atoms with Crippen LogP contribution in [0.1, 0.15) is 35.6 Å². The van der Waals surface area contributed by atoms with Gasteiger partial charge in [0, 0.05) is 12.6 Å². The third-order valence-electron chi connectivity index (χ3n) is 3.74. The number of aromatic hydroxyl groups is 1. The molecule has 0 saturated carbocycles. The van der Waals surface area contributed by atoms with Crippen LogP contribution >= 0.6 is 0 Å². The first-order valence-corrected chi connectivity index (χ1v) is 7.61. The van der Waals surface area contributed by atoms with E-state index in [0.717, 1.165) is 19.4 Å². The van der Waals surface area contributed by atoms with E-state index in [1.165, 1.54) is 22.3 Å². The number of nitrogens with one attached hydrogen (secondary N) is 1. The summed E-state index contributed by atoms with van der Waals surface area (Å²) < 4.78 is 0. The minimum atomic E-state index is 0.333. The van der Waals surface area contributed by atoms with Crippen molar-refractivity contribution in [1.82, 2.24) is 5.32 Å². The smallest absolute Gasteiger partial charge is 0.115 e. The Bertz CT molecular complexity index is 554. The van der Waals surface area contributed by atoms with Crippen molar-refractivity contribution in [3.05, 3.63) is 64.7 Å². The molecule has 2 rings (SSSR count). The van der Waals surface area contributed by atoms with Crippen LogP contribution in [-0.2, 0) is 13.0 Å². The monoisotopic (exact) mass is 283 g/mol. The zero-order chi connectivity index (χ0) is 15.2. The Kier molecular flexibility index (Phi) is 5.40. The molecule has 0 amide bonds. The molecule has 0 aromatic heterocycles. The van der Waals surface area contributed by atoms with Crippen LogP contribution in [-0.4, -0.2) is 11.1 Å². The molecule has 0 aliphatic rings. The lowest BCUT2D eigenvalue weighted by molar-refractivity contribution is 0.474. The minimum Gasteiger partial charge on any atom is -0.508 e. The molecule has 2 nitrogen and oxygen atoms in total. The van der Waals surface area contributed by atoms with Gasteiger partial charge < -0.3 is 10.4 Å². The zero-order valence-corrected chi connectivity index (χ0v) is 13.2. The molecular weight excluding hydrogens is 258 g/mol. The zero-order valence-electron chi connectivity index (χ0n) is 13.2. The van der Waals surface area contributed by atoms with Gasteiger partial charge in [-0.15, -0.1) is 0 Å². The van der Waals surface area contributed by atoms with Gasteiger partial charge in [0.05, 0.1) is 0 Å². The maximum absolute atomic E-state index is 9.28. The molecule has 0 bridgehead atoms. The number of aryl methyl sites for hydroxylation is 3. The first kappa shape index (κ1) is 15.6. The molecule has 1 atom stereocenters. The molecule has 21 heavy (non-hydrogen) atoms. The number of rotatable bonds is 6. The second-order valence-corrected chi connectivity index (χ2v) is 5.98. The third kappa shape index (κ3) is 5.24. The molecule has 2 aromatic rings. The maximum Gasteiger partial charge on any atom is 0.115 e. The molecule has 0 aliphatic heterocycles. The van der Waals surface area contributed by atoms with E-state index in [4.69, 9.17) is 0 Å². The molecule has 2 N–H and O–H groups in total. The standard InChI is InChI=1S/C19H25NO/c1-14-10-15(2)12-18(11-14)13-20-16(3)4-5-17-6-8-19(21)9-7-17/h6-12,16,20-21H,4-5,13H2,1-3H3. The second-order valence-electron chi connectivity index (χ2n) is 5.98. The molecule has 0 heterocycles. The van der Waals surface area contributed by atoms with Crippen molar-refractivity contribution < 1.29 is 5.11 Å². The Morgan fingerprint density at radius 3 is 2.19 bits per heavy atom. The van der Waals surface area contributed by atoms with Crippen molar-refractivity contribution in [2.24, 2.45) is 0 Å². The van der Waals surface area contributed by atoms with Crippen molar-refractivity contribution in [3.8, 4) is 5.75 Å². The van der Waals surface area contributed by atoms with Gasteiger partial charge in [-0.3, -0.25) is 0 Å². The summed E-state index contributed by atoms with van der Waals surface area (Å²) in [4.78, 5) is 0. The van der Waals surface area contributed by atoms with Gasteiger partial charge in [0.1, 0.15) is 5.75 Å². The van der Waals surface area contributed by atoms with Crippen molar-refractivity contribution in [1.29, 1.82) is 0 Å². The Labute approximate surface area is 127 Å². The van der Waals surface area contributed by atoms with Crippen LogP contribution in [0, 0.1) is 13.8 Å². The highest BCUT2D eigenvalue weighted by atomic mass is 16.3. The van der Waals surface area contributed by atoms with Gasteiger partial charge in [-0.2, -0.15) is 0 Å². The van der Waals surface area contributed by atoms with Crippen molar-refractivity contribution in [3.63, 3.8) is 0 Å². The van der Waals surface area contributed by atoms with E-state index in [9.17, 15) is 5.11 Å². The molecule has 0 spiro atoms. The molecule has 0 fully saturated rings. The van der Waals surface area contributed by atoms with Crippen LogP contribution < -0.4 is 5.32 Å². The topological polar surface area (TPSA) is 32.3 Å². The first-order chi connectivity index (χ1) is 10.0. The van der Waals surface area contributed by atoms with Crippen molar-refractivity contribution >= 4 is 0 Å². The van der Waals surface area contributed by atoms with Gasteiger partial charge in [-0.25, -0.2) is 0 Å². The van der Waals surface area contributed by atoms with Gasteiger partial charge >= 0.3 is 0 Å². The van der Waals surface area contributed by atoms with Crippen molar-refractivity contribution in [2.45, 2.75) is 46.2 Å². The Balaban J connectivity index is 1.79. The predicted octanol–water partition coefficient (Wildman–Crippen LogP) is 4.12. The molecule has 0 radical (unpaired) electrons. The Morgan fingerprint density at radius 2 is 1.57 bits per heavy atom. The maximum atomic E-state index is 9.28. The second kappa shape index (κ2) is 7.28. The van der Waals surface area contributed by atoms with Crippen LogP contribution in [0.4, 0.5) is 0 Å². The lowest BCUT2D eigenvalue weighted by Crippen LogP contribution is -2.26. The molecule has 112 valence electrons. The van der Waals surface area contributed by atoms with Crippen molar-refractivity contribution in [2.75, 3.05) is 0 Å². The molecule has 1 unspecified atom stereocenters. The van der Waals surface area contributed by atoms with Crippen LogP contribution in [0.15, 0.2) is 42.5 Å². The van der Waals surface area contributed by atoms with Gasteiger partial charge in [0.15, 0.2) is 0 Å². The van der Waals surface area contributed by atoms with E-state index in [-0.39, 0.29) is 0 Å². The van der Waals surface area contributed by atoms with Crippen LogP contribution in [0.3, 0.4) is 0 Å². The fourth-order valence-electron chi connectivity index (χ4n) is 2.61. The van der Waals surface area contributed by atoms with Crippen LogP contribution in [0.2, 0.25) is 0 Å². The highest BCUT2D eigenvalue weighted by molar-refractivity contribution is 5.28. The van der Waals surface area contributed by atoms with Gasteiger partial charge in [-0.05, 0) is 56.9 Å². The molecule has 2 heteroatoms. The van der Waals surface area contributed by atoms with E-state index >= 15 is 0 Å². The highest BCUT2D eigenvalue weighted by Gasteiger charge is 2.03. The van der Waals surface area contributed by atoms with Gasteiger partial charge in [0.25, 0.3) is 0 Å².